The molecule has 0 aliphatic heterocycles. The Bertz CT molecular complexity index is 826. The summed E-state index contributed by atoms with van der Waals surface area (Å²) < 4.78 is 6.27. The highest BCUT2D eigenvalue weighted by atomic mass is 127. The Labute approximate surface area is 135 Å². The number of nitrogens with zero attached hydrogens (tertiary/aromatic N) is 1. The van der Waals surface area contributed by atoms with Crippen molar-refractivity contribution in [3.05, 3.63) is 49.4 Å². The minimum atomic E-state index is -0.379. The van der Waals surface area contributed by atoms with Crippen LogP contribution in [0.5, 0.6) is 5.75 Å². The van der Waals surface area contributed by atoms with Gasteiger partial charge in [0, 0.05) is 11.3 Å². The number of pyridine rings is 1. The number of nitriles is 1. The molecule has 1 N–H and O–H groups in total. The molecule has 1 aromatic heterocycles. The van der Waals surface area contributed by atoms with Gasteiger partial charge in [-0.2, -0.15) is 5.26 Å². The number of ether oxygens (including phenoxy) is 1. The number of rotatable bonds is 3. The number of terminal acetylenes is 1. The molecule has 104 valence electrons. The minimum Gasteiger partial charge on any atom is -0.480 e. The Hall–Kier alpha value is -2.25. The van der Waals surface area contributed by atoms with Crippen LogP contribution in [0.4, 0.5) is 0 Å². The molecule has 0 saturated carbocycles. The van der Waals surface area contributed by atoms with Gasteiger partial charge in [0.2, 0.25) is 0 Å². The highest BCUT2D eigenvalue weighted by Gasteiger charge is 2.12. The summed E-state index contributed by atoms with van der Waals surface area (Å²) in [6, 6.07) is 9.19. The van der Waals surface area contributed by atoms with E-state index in [-0.39, 0.29) is 17.7 Å². The maximum absolute atomic E-state index is 11.8. The average molecular weight is 390 g/mol. The second-order valence-corrected chi connectivity index (χ2v) is 5.48. The fraction of sp³-hybridized carbons (Fsp3) is 0.125. The molecule has 0 unspecified atom stereocenters. The van der Waals surface area contributed by atoms with Crippen LogP contribution in [0.1, 0.15) is 11.3 Å². The molecule has 2 rings (SSSR count). The summed E-state index contributed by atoms with van der Waals surface area (Å²) in [6.07, 6.45) is 5.17. The van der Waals surface area contributed by atoms with Gasteiger partial charge in [-0.3, -0.25) is 4.79 Å². The Kier molecular flexibility index (Phi) is 4.66. The molecule has 0 aliphatic carbocycles. The maximum Gasteiger partial charge on any atom is 0.266 e. The van der Waals surface area contributed by atoms with E-state index in [1.807, 2.05) is 18.2 Å². The van der Waals surface area contributed by atoms with Crippen molar-refractivity contribution >= 4 is 22.6 Å². The molecule has 0 atom stereocenters. The lowest BCUT2D eigenvalue weighted by molar-refractivity contribution is 0.368. The number of halogens is 1. The minimum absolute atomic E-state index is 0.105. The van der Waals surface area contributed by atoms with Gasteiger partial charge in [0.05, 0.1) is 3.57 Å². The lowest BCUT2D eigenvalue weighted by Gasteiger charge is -2.09. The molecule has 0 saturated heterocycles. The number of aryl methyl sites for hydroxylation is 1. The molecule has 0 spiro atoms. The van der Waals surface area contributed by atoms with Crippen molar-refractivity contribution in [3.8, 4) is 35.3 Å². The Balaban J connectivity index is 2.54. The zero-order chi connectivity index (χ0) is 15.4. The van der Waals surface area contributed by atoms with Crippen LogP contribution in [0.2, 0.25) is 0 Å². The van der Waals surface area contributed by atoms with E-state index in [0.29, 0.717) is 17.0 Å². The monoisotopic (exact) mass is 390 g/mol. The summed E-state index contributed by atoms with van der Waals surface area (Å²) in [4.78, 5) is 14.5. The molecule has 5 heteroatoms. The predicted molar refractivity (Wildman–Crippen MR) is 89.0 cm³/mol. The lowest BCUT2D eigenvalue weighted by atomic mass is 10.0. The van der Waals surface area contributed by atoms with Crippen LogP contribution >= 0.6 is 22.6 Å². The van der Waals surface area contributed by atoms with Crippen LogP contribution in [0.25, 0.3) is 11.1 Å². The maximum atomic E-state index is 11.8. The Morgan fingerprint density at radius 1 is 1.43 bits per heavy atom. The molecule has 0 radical (unpaired) electrons. The number of hydrogen-bond acceptors (Lipinski definition) is 3. The molecule has 2 aromatic rings. The van der Waals surface area contributed by atoms with Gasteiger partial charge in [-0.15, -0.1) is 6.42 Å². The van der Waals surface area contributed by atoms with Crippen molar-refractivity contribution in [2.75, 3.05) is 6.61 Å². The summed E-state index contributed by atoms with van der Waals surface area (Å²) in [7, 11) is 0. The molecule has 1 aromatic carbocycles. The van der Waals surface area contributed by atoms with E-state index in [0.717, 1.165) is 9.13 Å². The van der Waals surface area contributed by atoms with Crippen LogP contribution < -0.4 is 10.3 Å². The van der Waals surface area contributed by atoms with Gasteiger partial charge >= 0.3 is 0 Å². The zero-order valence-corrected chi connectivity index (χ0v) is 13.4. The molecular formula is C16H11IN2O2. The Morgan fingerprint density at radius 3 is 2.81 bits per heavy atom. The molecule has 0 fully saturated rings. The molecule has 21 heavy (non-hydrogen) atoms. The summed E-state index contributed by atoms with van der Waals surface area (Å²) in [5.41, 5.74) is 1.83. The van der Waals surface area contributed by atoms with Gasteiger partial charge in [-0.1, -0.05) is 12.0 Å². The van der Waals surface area contributed by atoms with Gasteiger partial charge in [-0.05, 0) is 53.3 Å². The summed E-state index contributed by atoms with van der Waals surface area (Å²) in [5.74, 6) is 3.09. The van der Waals surface area contributed by atoms with E-state index in [2.05, 4.69) is 33.5 Å². The van der Waals surface area contributed by atoms with Crippen LogP contribution in [-0.2, 0) is 0 Å². The third-order valence-corrected chi connectivity index (χ3v) is 3.68. The van der Waals surface area contributed by atoms with Crippen LogP contribution in [0, 0.1) is 34.2 Å². The van der Waals surface area contributed by atoms with Crippen molar-refractivity contribution in [2.24, 2.45) is 0 Å². The second kappa shape index (κ2) is 6.47. The molecule has 0 amide bonds. The number of benzene rings is 1. The normalized spacial score (nSPS) is 9.71. The standard InChI is InChI=1S/C16H11IN2O2/c1-3-6-21-15-5-4-11(8-14(15)17)12-7-10(2)19-16(20)13(12)9-18/h1,4-5,7-8H,6H2,2H3,(H,19,20). The van der Waals surface area contributed by atoms with Crippen molar-refractivity contribution in [3.63, 3.8) is 0 Å². The predicted octanol–water partition coefficient (Wildman–Crippen LogP) is 2.84. The first-order chi connectivity index (χ1) is 10.1. The summed E-state index contributed by atoms with van der Waals surface area (Å²) in [5, 5.41) is 9.17. The quantitative estimate of drug-likeness (QED) is 0.648. The fourth-order valence-corrected chi connectivity index (χ4v) is 2.60. The smallest absolute Gasteiger partial charge is 0.266 e. The highest BCUT2D eigenvalue weighted by molar-refractivity contribution is 14.1. The van der Waals surface area contributed by atoms with Gasteiger partial charge in [0.25, 0.3) is 5.56 Å². The number of nitrogens with one attached hydrogen (secondary N) is 1. The van der Waals surface area contributed by atoms with Crippen LogP contribution in [0.15, 0.2) is 29.1 Å². The molecule has 0 aliphatic rings. The number of aromatic nitrogens is 1. The van der Waals surface area contributed by atoms with E-state index in [1.165, 1.54) is 0 Å². The molecular weight excluding hydrogens is 379 g/mol. The summed E-state index contributed by atoms with van der Waals surface area (Å²) in [6.45, 7) is 1.98. The van der Waals surface area contributed by atoms with E-state index >= 15 is 0 Å². The first-order valence-electron chi connectivity index (χ1n) is 6.07. The second-order valence-electron chi connectivity index (χ2n) is 4.32. The largest absolute Gasteiger partial charge is 0.480 e. The van der Waals surface area contributed by atoms with E-state index in [4.69, 9.17) is 11.2 Å². The molecule has 0 bridgehead atoms. The molecule has 4 nitrogen and oxygen atoms in total. The van der Waals surface area contributed by atoms with Crippen molar-refractivity contribution in [1.82, 2.24) is 4.98 Å². The van der Waals surface area contributed by atoms with Gasteiger partial charge in [0.1, 0.15) is 24.0 Å². The van der Waals surface area contributed by atoms with Crippen LogP contribution in [-0.4, -0.2) is 11.6 Å². The number of hydrogen-bond donors (Lipinski definition) is 1. The third kappa shape index (κ3) is 3.26. The molecule has 1 heterocycles. The number of aromatic amines is 1. The third-order valence-electron chi connectivity index (χ3n) is 2.83. The van der Waals surface area contributed by atoms with E-state index in [9.17, 15) is 10.1 Å². The lowest BCUT2D eigenvalue weighted by Crippen LogP contribution is -2.12. The SMILES string of the molecule is C#CCOc1ccc(-c2cc(C)[nH]c(=O)c2C#N)cc1I. The van der Waals surface area contributed by atoms with Crippen LogP contribution in [0.3, 0.4) is 0 Å². The topological polar surface area (TPSA) is 65.9 Å². The van der Waals surface area contributed by atoms with E-state index < -0.39 is 0 Å². The van der Waals surface area contributed by atoms with Crippen molar-refractivity contribution in [2.45, 2.75) is 6.92 Å². The van der Waals surface area contributed by atoms with Crippen molar-refractivity contribution < 1.29 is 4.74 Å². The Morgan fingerprint density at radius 2 is 2.19 bits per heavy atom. The average Bonchev–Trinajstić information content (AvgIpc) is 2.45. The highest BCUT2D eigenvalue weighted by Crippen LogP contribution is 2.29. The van der Waals surface area contributed by atoms with E-state index in [1.54, 1.807) is 19.1 Å². The van der Waals surface area contributed by atoms with Gasteiger partial charge < -0.3 is 9.72 Å². The summed E-state index contributed by atoms with van der Waals surface area (Å²) >= 11 is 2.13. The van der Waals surface area contributed by atoms with Crippen molar-refractivity contribution in [1.29, 1.82) is 5.26 Å². The number of H-pyrrole nitrogens is 1. The van der Waals surface area contributed by atoms with Gasteiger partial charge in [-0.25, -0.2) is 0 Å². The fourth-order valence-electron chi connectivity index (χ4n) is 1.93. The first-order valence-corrected chi connectivity index (χ1v) is 7.15. The zero-order valence-electron chi connectivity index (χ0n) is 11.2. The van der Waals surface area contributed by atoms with Gasteiger partial charge in [0.15, 0.2) is 0 Å². The first kappa shape index (κ1) is 15.1.